The molecule has 1 aromatic carbocycles. The first-order valence-electron chi connectivity index (χ1n) is 9.17. The van der Waals surface area contributed by atoms with E-state index in [1.807, 2.05) is 12.3 Å². The molecule has 144 valence electrons. The second-order valence-corrected chi connectivity index (χ2v) is 7.74. The van der Waals surface area contributed by atoms with Crippen LogP contribution in [0.1, 0.15) is 53.7 Å². The number of aromatic nitrogens is 1. The minimum atomic E-state index is -0.854. The van der Waals surface area contributed by atoms with Gasteiger partial charge < -0.3 is 14.8 Å². The number of nitrogens with zero attached hydrogens (tertiary/aromatic N) is 1. The lowest BCUT2D eigenvalue weighted by Crippen LogP contribution is -2.40. The van der Waals surface area contributed by atoms with Gasteiger partial charge in [0.15, 0.2) is 6.10 Å². The van der Waals surface area contributed by atoms with Gasteiger partial charge in [0.1, 0.15) is 17.9 Å². The van der Waals surface area contributed by atoms with Crippen molar-refractivity contribution < 1.29 is 19.1 Å². The lowest BCUT2D eigenvalue weighted by atomic mass is 10.2. The van der Waals surface area contributed by atoms with E-state index in [0.717, 1.165) is 36.4 Å². The van der Waals surface area contributed by atoms with Gasteiger partial charge >= 0.3 is 5.97 Å². The maximum atomic E-state index is 12.5. The molecule has 1 amide bonds. The molecule has 2 aromatic rings. The molecule has 1 atom stereocenters. The minimum absolute atomic E-state index is 0.191. The molecule has 0 aliphatic heterocycles. The molecule has 1 fully saturated rings. The van der Waals surface area contributed by atoms with Gasteiger partial charge in [-0.1, -0.05) is 25.0 Å². The number of amides is 1. The van der Waals surface area contributed by atoms with Crippen molar-refractivity contribution in [3.63, 3.8) is 0 Å². The Balaban J connectivity index is 1.59. The summed E-state index contributed by atoms with van der Waals surface area (Å²) in [7, 11) is 0. The van der Waals surface area contributed by atoms with Crippen LogP contribution >= 0.6 is 11.3 Å². The highest BCUT2D eigenvalue weighted by Gasteiger charge is 2.24. The smallest absolute Gasteiger partial charge is 0.342 e. The van der Waals surface area contributed by atoms with E-state index in [-0.39, 0.29) is 18.6 Å². The summed E-state index contributed by atoms with van der Waals surface area (Å²) in [6.45, 7) is 3.79. The quantitative estimate of drug-likeness (QED) is 0.733. The summed E-state index contributed by atoms with van der Waals surface area (Å²) in [5.41, 5.74) is 1.11. The van der Waals surface area contributed by atoms with E-state index in [0.29, 0.717) is 11.3 Å². The third kappa shape index (κ3) is 5.29. The van der Waals surface area contributed by atoms with E-state index >= 15 is 0 Å². The zero-order chi connectivity index (χ0) is 19.2. The van der Waals surface area contributed by atoms with Gasteiger partial charge in [0, 0.05) is 11.4 Å². The number of ether oxygens (including phenoxy) is 2. The number of hydrogen-bond donors (Lipinski definition) is 1. The Kier molecular flexibility index (Phi) is 6.45. The molecule has 1 aliphatic carbocycles. The normalized spacial score (nSPS) is 15.3. The Labute approximate surface area is 162 Å². The second-order valence-electron chi connectivity index (χ2n) is 6.68. The molecule has 1 aromatic heterocycles. The number of thiazole rings is 1. The van der Waals surface area contributed by atoms with E-state index in [2.05, 4.69) is 10.3 Å². The fraction of sp³-hybridized carbons (Fsp3) is 0.450. The zero-order valence-corrected chi connectivity index (χ0v) is 16.4. The van der Waals surface area contributed by atoms with Crippen LogP contribution in [-0.2, 0) is 16.1 Å². The Morgan fingerprint density at radius 3 is 2.74 bits per heavy atom. The van der Waals surface area contributed by atoms with Crippen molar-refractivity contribution in [2.75, 3.05) is 0 Å². The predicted octanol–water partition coefficient (Wildman–Crippen LogP) is 3.63. The molecule has 1 saturated carbocycles. The van der Waals surface area contributed by atoms with Crippen LogP contribution < -0.4 is 10.1 Å². The molecule has 0 unspecified atom stereocenters. The maximum Gasteiger partial charge on any atom is 0.342 e. The maximum absolute atomic E-state index is 12.5. The van der Waals surface area contributed by atoms with Gasteiger partial charge in [-0.05, 0) is 38.8 Å². The molecule has 0 bridgehead atoms. The van der Waals surface area contributed by atoms with Gasteiger partial charge in [0.25, 0.3) is 5.91 Å². The van der Waals surface area contributed by atoms with Gasteiger partial charge in [0.2, 0.25) is 0 Å². The lowest BCUT2D eigenvalue weighted by Gasteiger charge is -2.18. The van der Waals surface area contributed by atoms with Crippen molar-refractivity contribution in [3.8, 4) is 5.75 Å². The predicted molar refractivity (Wildman–Crippen MR) is 103 cm³/mol. The highest BCUT2D eigenvalue weighted by atomic mass is 32.1. The number of rotatable bonds is 7. The monoisotopic (exact) mass is 388 g/mol. The molecule has 0 radical (unpaired) electrons. The van der Waals surface area contributed by atoms with Gasteiger partial charge in [-0.3, -0.25) is 4.79 Å². The first kappa shape index (κ1) is 19.4. The van der Waals surface area contributed by atoms with E-state index in [1.54, 1.807) is 42.5 Å². The molecule has 6 nitrogen and oxygen atoms in total. The van der Waals surface area contributed by atoms with Crippen LogP contribution in [0.4, 0.5) is 0 Å². The number of carbonyl (C=O) groups is 2. The fourth-order valence-corrected chi connectivity index (χ4v) is 3.65. The molecular formula is C20H24N2O4S. The van der Waals surface area contributed by atoms with Crippen molar-refractivity contribution in [1.29, 1.82) is 0 Å². The van der Waals surface area contributed by atoms with Crippen LogP contribution in [0.3, 0.4) is 0 Å². The topological polar surface area (TPSA) is 77.5 Å². The van der Waals surface area contributed by atoms with Gasteiger partial charge in [-0.15, -0.1) is 11.3 Å². The van der Waals surface area contributed by atoms with Crippen LogP contribution in [0.25, 0.3) is 0 Å². The average molecular weight is 388 g/mol. The summed E-state index contributed by atoms with van der Waals surface area (Å²) >= 11 is 1.55. The minimum Gasteiger partial charge on any atom is -0.486 e. The summed E-state index contributed by atoms with van der Waals surface area (Å²) in [4.78, 5) is 29.1. The summed E-state index contributed by atoms with van der Waals surface area (Å²) in [6, 6.07) is 7.05. The largest absolute Gasteiger partial charge is 0.486 e. The Bertz CT molecular complexity index is 799. The van der Waals surface area contributed by atoms with Crippen LogP contribution in [0.2, 0.25) is 0 Å². The van der Waals surface area contributed by atoms with Crippen molar-refractivity contribution in [1.82, 2.24) is 10.3 Å². The van der Waals surface area contributed by atoms with Crippen LogP contribution in [0, 0.1) is 6.92 Å². The SMILES string of the molecule is Cc1nc(COc2ccccc2C(=O)O[C@H](C)C(=O)NC2CCCC2)cs1. The Morgan fingerprint density at radius 2 is 2.04 bits per heavy atom. The van der Waals surface area contributed by atoms with E-state index in [4.69, 9.17) is 9.47 Å². The first-order valence-corrected chi connectivity index (χ1v) is 10.0. The van der Waals surface area contributed by atoms with Crippen molar-refractivity contribution in [2.45, 2.75) is 58.3 Å². The number of carbonyl (C=O) groups excluding carboxylic acids is 2. The van der Waals surface area contributed by atoms with E-state index < -0.39 is 12.1 Å². The van der Waals surface area contributed by atoms with Gasteiger partial charge in [-0.2, -0.15) is 0 Å². The van der Waals surface area contributed by atoms with Gasteiger partial charge in [-0.25, -0.2) is 9.78 Å². The molecule has 7 heteroatoms. The molecule has 1 aliphatic rings. The summed E-state index contributed by atoms with van der Waals surface area (Å²) in [5, 5.41) is 5.83. The molecule has 1 heterocycles. The number of nitrogens with one attached hydrogen (secondary N) is 1. The van der Waals surface area contributed by atoms with Crippen LogP contribution in [0.5, 0.6) is 5.75 Å². The number of para-hydroxylation sites is 1. The highest BCUT2D eigenvalue weighted by Crippen LogP contribution is 2.22. The molecular weight excluding hydrogens is 364 g/mol. The van der Waals surface area contributed by atoms with E-state index in [9.17, 15) is 9.59 Å². The van der Waals surface area contributed by atoms with Crippen LogP contribution in [0.15, 0.2) is 29.6 Å². The molecule has 3 rings (SSSR count). The standard InChI is InChI=1S/C20H24N2O4S/c1-13(19(23)22-15-7-3-4-8-15)26-20(24)17-9-5-6-10-18(17)25-11-16-12-27-14(2)21-16/h5-6,9-10,12-13,15H,3-4,7-8,11H2,1-2H3,(H,22,23)/t13-/m1/s1. The van der Waals surface area contributed by atoms with Crippen molar-refractivity contribution in [3.05, 3.63) is 45.9 Å². The fourth-order valence-electron chi connectivity index (χ4n) is 3.05. The second kappa shape index (κ2) is 8.99. The Hall–Kier alpha value is -2.41. The van der Waals surface area contributed by atoms with E-state index in [1.165, 1.54) is 0 Å². The third-order valence-corrected chi connectivity index (χ3v) is 5.33. The number of esters is 1. The summed E-state index contributed by atoms with van der Waals surface area (Å²) < 4.78 is 11.1. The van der Waals surface area contributed by atoms with Crippen molar-refractivity contribution >= 4 is 23.2 Å². The molecule has 0 spiro atoms. The number of hydrogen-bond acceptors (Lipinski definition) is 6. The average Bonchev–Trinajstić information content (AvgIpc) is 3.31. The van der Waals surface area contributed by atoms with Gasteiger partial charge in [0.05, 0.1) is 10.7 Å². The summed E-state index contributed by atoms with van der Waals surface area (Å²) in [6.07, 6.45) is 3.37. The lowest BCUT2D eigenvalue weighted by molar-refractivity contribution is -0.129. The number of aryl methyl sites for hydroxylation is 1. The zero-order valence-electron chi connectivity index (χ0n) is 15.6. The van der Waals surface area contributed by atoms with Crippen LogP contribution in [-0.4, -0.2) is 29.0 Å². The summed E-state index contributed by atoms with van der Waals surface area (Å²) in [5.74, 6) is -0.419. The first-order chi connectivity index (χ1) is 13.0. The molecule has 27 heavy (non-hydrogen) atoms. The molecule has 1 N–H and O–H groups in total. The number of benzene rings is 1. The third-order valence-electron chi connectivity index (χ3n) is 4.50. The van der Waals surface area contributed by atoms with Crippen molar-refractivity contribution in [2.24, 2.45) is 0 Å². The highest BCUT2D eigenvalue weighted by molar-refractivity contribution is 7.09. The Morgan fingerprint density at radius 1 is 1.30 bits per heavy atom. The molecule has 0 saturated heterocycles.